The van der Waals surface area contributed by atoms with Crippen LogP contribution in [0.2, 0.25) is 0 Å². The van der Waals surface area contributed by atoms with Crippen LogP contribution in [0, 0.1) is 0 Å². The minimum Gasteiger partial charge on any atom is -0.435 e. The highest BCUT2D eigenvalue weighted by Crippen LogP contribution is 2.19. The van der Waals surface area contributed by atoms with Crippen molar-refractivity contribution in [2.24, 2.45) is 4.99 Å². The highest BCUT2D eigenvalue weighted by atomic mass is 19.3. The predicted octanol–water partition coefficient (Wildman–Crippen LogP) is 2.69. The molecule has 0 aromatic heterocycles. The fourth-order valence-electron chi connectivity index (χ4n) is 2.18. The lowest BCUT2D eigenvalue weighted by atomic mass is 10.1. The number of nitrogens with one attached hydrogen (secondary N) is 2. The van der Waals surface area contributed by atoms with Crippen molar-refractivity contribution in [3.05, 3.63) is 29.8 Å². The van der Waals surface area contributed by atoms with E-state index in [1.54, 1.807) is 12.1 Å². The van der Waals surface area contributed by atoms with Crippen LogP contribution in [0.4, 0.5) is 8.78 Å². The lowest BCUT2D eigenvalue weighted by molar-refractivity contribution is -0.0498. The predicted molar refractivity (Wildman–Crippen MR) is 97.7 cm³/mol. The number of rotatable bonds is 12. The summed E-state index contributed by atoms with van der Waals surface area (Å²) >= 11 is 0. The molecule has 0 amide bonds. The molecule has 148 valence electrons. The molecule has 0 fully saturated rings. The van der Waals surface area contributed by atoms with Crippen molar-refractivity contribution >= 4 is 5.96 Å². The Labute approximate surface area is 153 Å². The number of hydrogen-bond acceptors (Lipinski definition) is 4. The molecule has 0 saturated carbocycles. The number of benzene rings is 1. The third-order valence-electron chi connectivity index (χ3n) is 3.47. The van der Waals surface area contributed by atoms with Crippen molar-refractivity contribution < 1.29 is 23.4 Å². The highest BCUT2D eigenvalue weighted by molar-refractivity contribution is 5.79. The summed E-state index contributed by atoms with van der Waals surface area (Å²) in [5.74, 6) is 0.683. The summed E-state index contributed by atoms with van der Waals surface area (Å²) < 4.78 is 33.9. The molecule has 0 heterocycles. The summed E-state index contributed by atoms with van der Waals surface area (Å²) in [7, 11) is 0. The van der Waals surface area contributed by atoms with Gasteiger partial charge < -0.3 is 25.2 Å². The van der Waals surface area contributed by atoms with Crippen molar-refractivity contribution in [1.29, 1.82) is 0 Å². The third kappa shape index (κ3) is 9.53. The van der Waals surface area contributed by atoms with Gasteiger partial charge in [0.05, 0.1) is 12.6 Å². The van der Waals surface area contributed by atoms with E-state index in [4.69, 9.17) is 4.74 Å². The molecule has 0 aliphatic rings. The van der Waals surface area contributed by atoms with Crippen LogP contribution in [-0.2, 0) is 4.74 Å². The van der Waals surface area contributed by atoms with Crippen molar-refractivity contribution in [2.75, 3.05) is 32.8 Å². The lowest BCUT2D eigenvalue weighted by Gasteiger charge is -2.14. The van der Waals surface area contributed by atoms with Crippen LogP contribution in [0.15, 0.2) is 29.3 Å². The number of aliphatic hydroxyl groups is 1. The number of aliphatic hydroxyl groups excluding tert-OH is 1. The number of unbranched alkanes of at least 4 members (excludes halogenated alkanes) is 1. The second-order valence-electron chi connectivity index (χ2n) is 5.51. The molecule has 1 aromatic rings. The molecule has 0 bridgehead atoms. The molecule has 0 saturated heterocycles. The summed E-state index contributed by atoms with van der Waals surface area (Å²) in [5, 5.41) is 16.5. The van der Waals surface area contributed by atoms with Crippen LogP contribution in [-0.4, -0.2) is 50.5 Å². The second kappa shape index (κ2) is 13.3. The first-order valence-corrected chi connectivity index (χ1v) is 8.89. The summed E-state index contributed by atoms with van der Waals surface area (Å²) in [6, 6.07) is 5.89. The van der Waals surface area contributed by atoms with Gasteiger partial charge in [-0.15, -0.1) is 0 Å². The normalized spacial score (nSPS) is 12.9. The van der Waals surface area contributed by atoms with Gasteiger partial charge in [-0.1, -0.05) is 12.1 Å². The average Bonchev–Trinajstić information content (AvgIpc) is 2.62. The van der Waals surface area contributed by atoms with Crippen LogP contribution >= 0.6 is 0 Å². The van der Waals surface area contributed by atoms with E-state index >= 15 is 0 Å². The first-order valence-electron chi connectivity index (χ1n) is 8.89. The summed E-state index contributed by atoms with van der Waals surface area (Å²) in [6.45, 7) is 4.17. The number of halogens is 2. The maximum Gasteiger partial charge on any atom is 0.387 e. The van der Waals surface area contributed by atoms with Crippen LogP contribution in [0.25, 0.3) is 0 Å². The molecule has 1 rings (SSSR count). The summed E-state index contributed by atoms with van der Waals surface area (Å²) in [4.78, 5) is 4.36. The van der Waals surface area contributed by atoms with Crippen molar-refractivity contribution in [3.8, 4) is 5.75 Å². The fraction of sp³-hybridized carbons (Fsp3) is 0.611. The Bertz CT molecular complexity index is 513. The Balaban J connectivity index is 2.46. The molecule has 0 spiro atoms. The van der Waals surface area contributed by atoms with E-state index < -0.39 is 12.7 Å². The minimum absolute atomic E-state index is 0.0570. The second-order valence-corrected chi connectivity index (χ2v) is 5.51. The molecule has 0 aliphatic carbocycles. The maximum atomic E-state index is 12.1. The zero-order valence-electron chi connectivity index (χ0n) is 15.4. The Hall–Kier alpha value is -1.93. The van der Waals surface area contributed by atoms with Gasteiger partial charge in [0.2, 0.25) is 0 Å². The van der Waals surface area contributed by atoms with Crippen LogP contribution in [0.5, 0.6) is 5.75 Å². The molecular formula is C18H29F2N3O3. The number of aliphatic imine (C=N–C) groups is 1. The molecule has 3 N–H and O–H groups in total. The summed E-state index contributed by atoms with van der Waals surface area (Å²) in [6.07, 6.45) is 1.10. The quantitative estimate of drug-likeness (QED) is 0.298. The van der Waals surface area contributed by atoms with Gasteiger partial charge in [0, 0.05) is 26.3 Å². The topological polar surface area (TPSA) is 75.1 Å². The molecule has 0 aliphatic heterocycles. The van der Waals surface area contributed by atoms with Gasteiger partial charge in [-0.3, -0.25) is 4.99 Å². The highest BCUT2D eigenvalue weighted by Gasteiger charge is 2.09. The molecule has 1 atom stereocenters. The number of guanidine groups is 1. The largest absolute Gasteiger partial charge is 0.435 e. The molecule has 6 nitrogen and oxygen atoms in total. The number of nitrogens with zero attached hydrogens (tertiary/aromatic N) is 1. The van der Waals surface area contributed by atoms with E-state index in [1.807, 2.05) is 13.8 Å². The van der Waals surface area contributed by atoms with Crippen molar-refractivity contribution in [2.45, 2.75) is 39.4 Å². The number of hydrogen-bond donors (Lipinski definition) is 3. The fourth-order valence-corrected chi connectivity index (χ4v) is 2.18. The van der Waals surface area contributed by atoms with Gasteiger partial charge in [0.1, 0.15) is 5.75 Å². The molecule has 8 heteroatoms. The Kier molecular flexibility index (Phi) is 11.3. The van der Waals surface area contributed by atoms with Crippen LogP contribution in [0.3, 0.4) is 0 Å². The van der Waals surface area contributed by atoms with E-state index in [9.17, 15) is 13.9 Å². The molecule has 26 heavy (non-hydrogen) atoms. The average molecular weight is 373 g/mol. The van der Waals surface area contributed by atoms with Gasteiger partial charge in [-0.25, -0.2) is 0 Å². The van der Waals surface area contributed by atoms with Crippen LogP contribution < -0.4 is 15.4 Å². The monoisotopic (exact) mass is 373 g/mol. The van der Waals surface area contributed by atoms with E-state index in [2.05, 4.69) is 20.4 Å². The Morgan fingerprint density at radius 1 is 1.15 bits per heavy atom. The number of ether oxygens (including phenoxy) is 2. The van der Waals surface area contributed by atoms with Gasteiger partial charge >= 0.3 is 6.61 Å². The van der Waals surface area contributed by atoms with E-state index in [0.717, 1.165) is 32.6 Å². The Morgan fingerprint density at radius 2 is 1.88 bits per heavy atom. The SMILES string of the molecule is CCNC(=NCC(O)c1ccc(OC(F)F)cc1)NCCCCOCC. The van der Waals surface area contributed by atoms with Gasteiger partial charge in [-0.05, 0) is 44.4 Å². The third-order valence-corrected chi connectivity index (χ3v) is 3.47. The smallest absolute Gasteiger partial charge is 0.387 e. The van der Waals surface area contributed by atoms with Gasteiger partial charge in [-0.2, -0.15) is 8.78 Å². The number of alkyl halides is 2. The zero-order valence-corrected chi connectivity index (χ0v) is 15.4. The zero-order chi connectivity index (χ0) is 19.2. The van der Waals surface area contributed by atoms with E-state index in [-0.39, 0.29) is 12.3 Å². The molecular weight excluding hydrogens is 344 g/mol. The summed E-state index contributed by atoms with van der Waals surface area (Å²) in [5.41, 5.74) is 0.586. The van der Waals surface area contributed by atoms with Crippen molar-refractivity contribution in [3.63, 3.8) is 0 Å². The van der Waals surface area contributed by atoms with E-state index in [0.29, 0.717) is 18.1 Å². The molecule has 0 radical (unpaired) electrons. The Morgan fingerprint density at radius 3 is 2.50 bits per heavy atom. The van der Waals surface area contributed by atoms with E-state index in [1.165, 1.54) is 12.1 Å². The molecule has 1 unspecified atom stereocenters. The first-order chi connectivity index (χ1) is 12.6. The van der Waals surface area contributed by atoms with Crippen molar-refractivity contribution in [1.82, 2.24) is 10.6 Å². The minimum atomic E-state index is -2.86. The maximum absolute atomic E-state index is 12.1. The lowest BCUT2D eigenvalue weighted by Crippen LogP contribution is -2.38. The van der Waals surface area contributed by atoms with Gasteiger partial charge in [0.25, 0.3) is 0 Å². The van der Waals surface area contributed by atoms with Gasteiger partial charge in [0.15, 0.2) is 5.96 Å². The first kappa shape index (κ1) is 22.1. The van der Waals surface area contributed by atoms with Crippen LogP contribution in [0.1, 0.15) is 38.4 Å². The molecule has 1 aromatic carbocycles. The standard InChI is InChI=1S/C18H29F2N3O3/c1-3-21-18(22-11-5-6-12-25-4-2)23-13-16(24)14-7-9-15(10-8-14)26-17(19)20/h7-10,16-17,24H,3-6,11-13H2,1-2H3,(H2,21,22,23).